The molecule has 220 valence electrons. The van der Waals surface area contributed by atoms with Crippen molar-refractivity contribution in [1.82, 2.24) is 14.5 Å². The van der Waals surface area contributed by atoms with E-state index in [1.807, 2.05) is 109 Å². The highest BCUT2D eigenvalue weighted by atomic mass is 16.5. The lowest BCUT2D eigenvalue weighted by molar-refractivity contribution is 0.477. The van der Waals surface area contributed by atoms with E-state index < -0.39 is 0 Å². The van der Waals surface area contributed by atoms with E-state index in [4.69, 9.17) is 18.6 Å². The lowest BCUT2D eigenvalue weighted by atomic mass is 10.1. The van der Waals surface area contributed by atoms with Gasteiger partial charge >= 0.3 is 0 Å². The van der Waals surface area contributed by atoms with Crippen LogP contribution in [-0.2, 0) is 7.05 Å². The average molecular weight is 599 g/mol. The van der Waals surface area contributed by atoms with Crippen LogP contribution in [0, 0.1) is 0 Å². The molecule has 9 rings (SSSR count). The van der Waals surface area contributed by atoms with Gasteiger partial charge in [-0.25, -0.2) is 9.97 Å². The van der Waals surface area contributed by atoms with Crippen molar-refractivity contribution in [2.24, 2.45) is 7.05 Å². The van der Waals surface area contributed by atoms with E-state index in [0.29, 0.717) is 17.1 Å². The zero-order valence-electron chi connectivity index (χ0n) is 24.8. The Hall–Kier alpha value is -6.34. The minimum absolute atomic E-state index is 0.592. The van der Waals surface area contributed by atoms with Crippen molar-refractivity contribution < 1.29 is 13.6 Å². The van der Waals surface area contributed by atoms with Crippen molar-refractivity contribution in [2.75, 3.05) is 4.90 Å². The Kier molecular flexibility index (Phi) is 5.89. The third-order valence-corrected chi connectivity index (χ3v) is 8.32. The van der Waals surface area contributed by atoms with Crippen molar-refractivity contribution in [1.29, 1.82) is 0 Å². The molecule has 0 saturated carbocycles. The van der Waals surface area contributed by atoms with Gasteiger partial charge < -0.3 is 18.1 Å². The fraction of sp³-hybridized carbons (Fsp3) is 0.0256. The molecule has 0 saturated heterocycles. The molecule has 46 heavy (non-hydrogen) atoms. The number of aromatic nitrogens is 3. The lowest BCUT2D eigenvalue weighted by Crippen LogP contribution is -2.11. The van der Waals surface area contributed by atoms with Crippen LogP contribution >= 0.6 is 0 Å². The van der Waals surface area contributed by atoms with Gasteiger partial charge in [-0.2, -0.15) is 0 Å². The third-order valence-electron chi connectivity index (χ3n) is 8.32. The fourth-order valence-electron chi connectivity index (χ4n) is 6.24. The van der Waals surface area contributed by atoms with E-state index >= 15 is 0 Å². The molecule has 0 amide bonds. The number of imidazole rings is 1. The first-order valence-corrected chi connectivity index (χ1v) is 15.0. The highest BCUT2D eigenvalue weighted by Crippen LogP contribution is 2.46. The number of rotatable bonds is 6. The van der Waals surface area contributed by atoms with E-state index in [2.05, 4.69) is 40.2 Å². The van der Waals surface area contributed by atoms with E-state index in [1.54, 1.807) is 12.4 Å². The van der Waals surface area contributed by atoms with Crippen LogP contribution in [0.5, 0.6) is 11.5 Å². The molecule has 4 aromatic heterocycles. The van der Waals surface area contributed by atoms with E-state index in [-0.39, 0.29) is 0 Å². The molecule has 7 heteroatoms. The Bertz CT molecular complexity index is 2490. The van der Waals surface area contributed by atoms with Gasteiger partial charge in [0.15, 0.2) is 16.9 Å². The molecule has 0 atom stereocenters. The van der Waals surface area contributed by atoms with Crippen molar-refractivity contribution in [3.05, 3.63) is 140 Å². The van der Waals surface area contributed by atoms with Crippen molar-refractivity contribution in [2.45, 2.75) is 0 Å². The Balaban J connectivity index is 1.30. The summed E-state index contributed by atoms with van der Waals surface area (Å²) in [6.07, 6.45) is 5.53. The molecule has 9 aromatic rings. The summed E-state index contributed by atoms with van der Waals surface area (Å²) in [6, 6.07) is 40.3. The number of ether oxygens (including phenoxy) is 1. The number of nitrogens with zero attached hydrogens (tertiary/aromatic N) is 4. The first kappa shape index (κ1) is 26.1. The number of fused-ring (bicyclic) bond motifs is 6. The van der Waals surface area contributed by atoms with Crippen LogP contribution in [-0.4, -0.2) is 14.5 Å². The molecule has 0 spiro atoms. The zero-order chi connectivity index (χ0) is 30.6. The molecule has 0 radical (unpaired) electrons. The number of aryl methyl sites for hydroxylation is 1. The predicted molar refractivity (Wildman–Crippen MR) is 182 cm³/mol. The maximum atomic E-state index is 6.87. The summed E-state index contributed by atoms with van der Waals surface area (Å²) in [5, 5.41) is 3.90. The molecule has 0 fully saturated rings. The van der Waals surface area contributed by atoms with Crippen LogP contribution < -0.4 is 9.64 Å². The molecule has 0 aliphatic rings. The van der Waals surface area contributed by atoms with Gasteiger partial charge in [-0.15, -0.1) is 0 Å². The van der Waals surface area contributed by atoms with Gasteiger partial charge in [-0.3, -0.25) is 4.90 Å². The second-order valence-electron chi connectivity index (χ2n) is 11.2. The molecular weight excluding hydrogens is 572 g/mol. The lowest BCUT2D eigenvalue weighted by Gasteiger charge is -2.24. The van der Waals surface area contributed by atoms with Crippen molar-refractivity contribution in [3.63, 3.8) is 0 Å². The summed E-state index contributed by atoms with van der Waals surface area (Å²) in [5.41, 5.74) is 5.66. The Morgan fingerprint density at radius 1 is 0.630 bits per heavy atom. The highest BCUT2D eigenvalue weighted by Gasteiger charge is 2.23. The molecule has 0 bridgehead atoms. The van der Waals surface area contributed by atoms with Crippen LogP contribution in [0.25, 0.3) is 55.3 Å². The minimum atomic E-state index is 0.592. The zero-order valence-corrected chi connectivity index (χ0v) is 24.8. The first-order valence-electron chi connectivity index (χ1n) is 15.0. The van der Waals surface area contributed by atoms with Gasteiger partial charge in [-0.1, -0.05) is 60.7 Å². The van der Waals surface area contributed by atoms with Gasteiger partial charge in [0.05, 0.1) is 5.69 Å². The monoisotopic (exact) mass is 598 g/mol. The van der Waals surface area contributed by atoms with Gasteiger partial charge in [0.1, 0.15) is 28.6 Å². The number of benzene rings is 5. The summed E-state index contributed by atoms with van der Waals surface area (Å²) < 4.78 is 21.8. The first-order chi connectivity index (χ1) is 22.7. The number of pyridine rings is 1. The van der Waals surface area contributed by atoms with Crippen LogP contribution in [0.15, 0.2) is 149 Å². The number of para-hydroxylation sites is 3. The second-order valence-corrected chi connectivity index (χ2v) is 11.2. The number of hydrogen-bond acceptors (Lipinski definition) is 6. The largest absolute Gasteiger partial charge is 0.454 e. The van der Waals surface area contributed by atoms with Crippen molar-refractivity contribution >= 4 is 61.1 Å². The Morgan fingerprint density at radius 2 is 1.33 bits per heavy atom. The molecule has 0 unspecified atom stereocenters. The van der Waals surface area contributed by atoms with Crippen LogP contribution in [0.4, 0.5) is 17.2 Å². The van der Waals surface area contributed by atoms with E-state index in [1.165, 1.54) is 0 Å². The fourth-order valence-corrected chi connectivity index (χ4v) is 6.24. The summed E-state index contributed by atoms with van der Waals surface area (Å²) >= 11 is 0. The highest BCUT2D eigenvalue weighted by molar-refractivity contribution is 6.11. The number of hydrogen-bond donors (Lipinski definition) is 0. The third kappa shape index (κ3) is 4.21. The quantitative estimate of drug-likeness (QED) is 0.190. The van der Waals surface area contributed by atoms with Gasteiger partial charge in [0.25, 0.3) is 0 Å². The minimum Gasteiger partial charge on any atom is -0.454 e. The van der Waals surface area contributed by atoms with Crippen LogP contribution in [0.3, 0.4) is 0 Å². The standard InChI is InChI=1S/C39H26N4O3/c1-42-20-19-41-39(42)25-21-30-28-13-5-8-16-34(28)46-38(30)35(22-25)44-27-23-31-29-14-6-7-15-33(29)45-37(31)32(24-27)43(26-11-3-2-4-12-26)36-17-9-10-18-40-36/h2-24H,1H3. The topological polar surface area (TPSA) is 69.5 Å². The van der Waals surface area contributed by atoms with Gasteiger partial charge in [0.2, 0.25) is 0 Å². The van der Waals surface area contributed by atoms with E-state index in [0.717, 1.165) is 66.9 Å². The van der Waals surface area contributed by atoms with Crippen LogP contribution in [0.1, 0.15) is 0 Å². The smallest absolute Gasteiger partial charge is 0.177 e. The molecule has 0 N–H and O–H groups in total. The summed E-state index contributed by atoms with van der Waals surface area (Å²) in [7, 11) is 1.99. The summed E-state index contributed by atoms with van der Waals surface area (Å²) in [5.74, 6) is 2.81. The summed E-state index contributed by atoms with van der Waals surface area (Å²) in [4.78, 5) is 11.5. The normalized spacial score (nSPS) is 11.6. The maximum Gasteiger partial charge on any atom is 0.177 e. The molecule has 5 aromatic carbocycles. The SMILES string of the molecule is Cn1ccnc1-c1cc(Oc2cc(N(c3ccccc3)c3ccccn3)c3oc4ccccc4c3c2)c2oc3ccccc3c2c1. The average Bonchev–Trinajstić information content (AvgIpc) is 3.81. The van der Waals surface area contributed by atoms with Gasteiger partial charge in [0, 0.05) is 64.5 Å². The Morgan fingerprint density at radius 3 is 2.04 bits per heavy atom. The summed E-state index contributed by atoms with van der Waals surface area (Å²) in [6.45, 7) is 0. The maximum absolute atomic E-state index is 6.87. The number of anilines is 3. The van der Waals surface area contributed by atoms with Crippen LogP contribution in [0.2, 0.25) is 0 Å². The predicted octanol–water partition coefficient (Wildman–Crippen LogP) is 10.5. The van der Waals surface area contributed by atoms with E-state index in [9.17, 15) is 0 Å². The number of furan rings is 2. The molecule has 0 aliphatic carbocycles. The molecule has 7 nitrogen and oxygen atoms in total. The molecule has 0 aliphatic heterocycles. The van der Waals surface area contributed by atoms with Crippen molar-refractivity contribution in [3.8, 4) is 22.9 Å². The van der Waals surface area contributed by atoms with Gasteiger partial charge in [-0.05, 0) is 54.6 Å². The Labute approximate surface area is 263 Å². The second kappa shape index (κ2) is 10.4. The molecule has 4 heterocycles. The molecular formula is C39H26N4O3.